The lowest BCUT2D eigenvalue weighted by Crippen LogP contribution is -2.25. The molecule has 1 rings (SSSR count). The molecule has 8 heteroatoms. The van der Waals surface area contributed by atoms with Gasteiger partial charge in [-0.15, -0.1) is 3.89 Å². The summed E-state index contributed by atoms with van der Waals surface area (Å²) >= 11 is 1.30. The summed E-state index contributed by atoms with van der Waals surface area (Å²) in [5.74, 6) is 0.256. The van der Waals surface area contributed by atoms with Crippen LogP contribution in [0.4, 0.5) is 3.89 Å². The quantitative estimate of drug-likeness (QED) is 0.611. The number of amidine groups is 1. The summed E-state index contributed by atoms with van der Waals surface area (Å²) in [4.78, 5) is 8.55. The molecule has 0 aliphatic carbocycles. The van der Waals surface area contributed by atoms with Gasteiger partial charge in [0.05, 0.1) is 5.70 Å². The molecular formula is C13H20FN5S2. The molecule has 0 radical (unpaired) electrons. The second-order valence-electron chi connectivity index (χ2n) is 4.34. The molecule has 0 aromatic rings. The van der Waals surface area contributed by atoms with Crippen molar-refractivity contribution in [3.8, 4) is 0 Å². The Bertz CT molecular complexity index is 545. The maximum absolute atomic E-state index is 13.3. The van der Waals surface area contributed by atoms with Gasteiger partial charge < -0.3 is 11.5 Å². The first-order valence-corrected chi connectivity index (χ1v) is 7.86. The molecule has 0 spiro atoms. The van der Waals surface area contributed by atoms with E-state index in [9.17, 15) is 3.89 Å². The van der Waals surface area contributed by atoms with E-state index in [1.54, 1.807) is 27.0 Å². The second-order valence-corrected chi connectivity index (χ2v) is 5.80. The molecule has 116 valence electrons. The van der Waals surface area contributed by atoms with E-state index in [1.165, 1.54) is 16.1 Å². The average molecular weight is 329 g/mol. The maximum Gasteiger partial charge on any atom is 0.188 e. The van der Waals surface area contributed by atoms with Crippen LogP contribution in [0.25, 0.3) is 0 Å². The molecule has 0 aromatic heterocycles. The standard InChI is InChI=1S/C13H20FN5S2/c1-5-6-10-12(17-4)20-13(18-10)19(21-14)11(16)8(2)7-9(3)15/h6-7H,5,15-16H2,1-4H3/b9-7-,10-6+,11-8+,17-12?. The van der Waals surface area contributed by atoms with Crippen molar-refractivity contribution in [3.05, 3.63) is 34.9 Å². The number of nitrogens with zero attached hydrogens (tertiary/aromatic N) is 3. The Morgan fingerprint density at radius 1 is 1.48 bits per heavy atom. The Hall–Kier alpha value is -1.41. The third-order valence-electron chi connectivity index (χ3n) is 2.53. The van der Waals surface area contributed by atoms with Gasteiger partial charge in [-0.2, -0.15) is 0 Å². The van der Waals surface area contributed by atoms with Crippen molar-refractivity contribution in [2.24, 2.45) is 21.5 Å². The maximum atomic E-state index is 13.3. The first-order valence-electron chi connectivity index (χ1n) is 6.37. The summed E-state index contributed by atoms with van der Waals surface area (Å²) in [7, 11) is 1.68. The summed E-state index contributed by atoms with van der Waals surface area (Å²) in [6, 6.07) is 0. The lowest BCUT2D eigenvalue weighted by molar-refractivity contribution is 0.762. The van der Waals surface area contributed by atoms with E-state index < -0.39 is 0 Å². The van der Waals surface area contributed by atoms with Gasteiger partial charge in [0.15, 0.2) is 17.5 Å². The fourth-order valence-corrected chi connectivity index (χ4v) is 2.97. The van der Waals surface area contributed by atoms with E-state index >= 15 is 0 Å². The van der Waals surface area contributed by atoms with Gasteiger partial charge in [-0.3, -0.25) is 4.99 Å². The first kappa shape index (κ1) is 17.6. The van der Waals surface area contributed by atoms with E-state index in [1.807, 2.05) is 13.0 Å². The van der Waals surface area contributed by atoms with E-state index in [4.69, 9.17) is 11.5 Å². The zero-order chi connectivity index (χ0) is 16.0. The van der Waals surface area contributed by atoms with Crippen LogP contribution in [0.1, 0.15) is 27.2 Å². The van der Waals surface area contributed by atoms with E-state index in [2.05, 4.69) is 9.98 Å². The highest BCUT2D eigenvalue weighted by molar-refractivity contribution is 8.28. The van der Waals surface area contributed by atoms with E-state index in [-0.39, 0.29) is 18.2 Å². The molecule has 0 atom stereocenters. The summed E-state index contributed by atoms with van der Waals surface area (Å²) < 4.78 is 14.6. The molecule has 0 saturated heterocycles. The highest BCUT2D eigenvalue weighted by atomic mass is 32.2. The van der Waals surface area contributed by atoms with Gasteiger partial charge in [0, 0.05) is 12.7 Å². The van der Waals surface area contributed by atoms with Gasteiger partial charge in [0.1, 0.15) is 10.9 Å². The Morgan fingerprint density at radius 3 is 2.62 bits per heavy atom. The predicted molar refractivity (Wildman–Crippen MR) is 92.1 cm³/mol. The van der Waals surface area contributed by atoms with Crippen LogP contribution in [0.5, 0.6) is 0 Å². The molecule has 0 amide bonds. The van der Waals surface area contributed by atoms with Crippen LogP contribution in [0.3, 0.4) is 0 Å². The van der Waals surface area contributed by atoms with Crippen molar-refractivity contribution >= 4 is 34.3 Å². The number of halogens is 1. The molecule has 5 nitrogen and oxygen atoms in total. The molecule has 0 fully saturated rings. The third kappa shape index (κ3) is 4.53. The summed E-state index contributed by atoms with van der Waals surface area (Å²) in [5.41, 5.74) is 13.6. The number of aliphatic imine (C=N–C) groups is 2. The molecule has 1 aliphatic rings. The molecule has 21 heavy (non-hydrogen) atoms. The van der Waals surface area contributed by atoms with E-state index in [0.29, 0.717) is 16.4 Å². The molecule has 0 aromatic carbocycles. The van der Waals surface area contributed by atoms with Gasteiger partial charge >= 0.3 is 0 Å². The van der Waals surface area contributed by atoms with Crippen molar-refractivity contribution in [2.45, 2.75) is 27.2 Å². The van der Waals surface area contributed by atoms with Crippen LogP contribution in [0.15, 0.2) is 44.9 Å². The number of nitrogens with two attached hydrogens (primary N) is 2. The number of hydrogen-bond donors (Lipinski definition) is 2. The molecule has 1 aliphatic heterocycles. The Labute approximate surface area is 133 Å². The normalized spacial score (nSPS) is 20.8. The Balaban J connectivity index is 3.15. The number of allylic oxidation sites excluding steroid dienone is 4. The fourth-order valence-electron chi connectivity index (χ4n) is 1.63. The topological polar surface area (TPSA) is 80.0 Å². The monoisotopic (exact) mass is 329 g/mol. The van der Waals surface area contributed by atoms with Gasteiger partial charge in [-0.05, 0) is 43.7 Å². The summed E-state index contributed by atoms with van der Waals surface area (Å²) in [5, 5.41) is 1.20. The van der Waals surface area contributed by atoms with Crippen LogP contribution >= 0.6 is 24.1 Å². The van der Waals surface area contributed by atoms with Crippen LogP contribution in [-0.2, 0) is 0 Å². The van der Waals surface area contributed by atoms with Crippen LogP contribution in [-0.4, -0.2) is 21.6 Å². The number of rotatable bonds is 4. The SMILES string of the molecule is CC/C=C1/N=C(N(SF)/C(N)=C(C)/C=C(/C)N)SC1=NC. The van der Waals surface area contributed by atoms with Crippen molar-refractivity contribution in [1.82, 2.24) is 4.31 Å². The number of thioether (sulfide) groups is 1. The third-order valence-corrected chi connectivity index (χ3v) is 4.20. The van der Waals surface area contributed by atoms with Crippen molar-refractivity contribution in [2.75, 3.05) is 7.05 Å². The largest absolute Gasteiger partial charge is 0.402 e. The van der Waals surface area contributed by atoms with Crippen molar-refractivity contribution < 1.29 is 3.89 Å². The van der Waals surface area contributed by atoms with Crippen molar-refractivity contribution in [3.63, 3.8) is 0 Å². The summed E-state index contributed by atoms with van der Waals surface area (Å²) in [6.45, 7) is 5.52. The van der Waals surface area contributed by atoms with Crippen LogP contribution in [0, 0.1) is 0 Å². The molecular weight excluding hydrogens is 309 g/mol. The molecule has 0 bridgehead atoms. The highest BCUT2D eigenvalue weighted by Crippen LogP contribution is 2.32. The lowest BCUT2D eigenvalue weighted by Gasteiger charge is -2.18. The molecule has 4 N–H and O–H groups in total. The van der Waals surface area contributed by atoms with Crippen LogP contribution < -0.4 is 11.5 Å². The highest BCUT2D eigenvalue weighted by Gasteiger charge is 2.27. The minimum atomic E-state index is 0.00989. The first-order chi connectivity index (χ1) is 9.94. The van der Waals surface area contributed by atoms with Gasteiger partial charge in [-0.25, -0.2) is 9.30 Å². The number of hydrogen-bond acceptors (Lipinski definition) is 7. The Kier molecular flexibility index (Phi) is 6.83. The zero-order valence-electron chi connectivity index (χ0n) is 12.6. The predicted octanol–water partition coefficient (Wildman–Crippen LogP) is 3.30. The summed E-state index contributed by atoms with van der Waals surface area (Å²) in [6.07, 6.45) is 4.46. The van der Waals surface area contributed by atoms with Gasteiger partial charge in [-0.1, -0.05) is 13.0 Å². The van der Waals surface area contributed by atoms with Crippen molar-refractivity contribution in [1.29, 1.82) is 0 Å². The Morgan fingerprint density at radius 2 is 2.14 bits per heavy atom. The van der Waals surface area contributed by atoms with Gasteiger partial charge in [0.25, 0.3) is 0 Å². The fraction of sp³-hybridized carbons (Fsp3) is 0.385. The molecule has 0 saturated carbocycles. The van der Waals surface area contributed by atoms with Crippen LogP contribution in [0.2, 0.25) is 0 Å². The zero-order valence-corrected chi connectivity index (χ0v) is 14.2. The second kappa shape index (κ2) is 8.14. The molecule has 0 unspecified atom stereocenters. The lowest BCUT2D eigenvalue weighted by atomic mass is 10.2. The smallest absolute Gasteiger partial charge is 0.188 e. The molecule has 1 heterocycles. The van der Waals surface area contributed by atoms with E-state index in [0.717, 1.165) is 17.2 Å². The minimum Gasteiger partial charge on any atom is -0.402 e. The average Bonchev–Trinajstić information content (AvgIpc) is 2.82. The minimum absolute atomic E-state index is 0.00989. The van der Waals surface area contributed by atoms with Gasteiger partial charge in [0.2, 0.25) is 0 Å².